The lowest BCUT2D eigenvalue weighted by Crippen LogP contribution is -2.14. The molecular weight excluding hydrogens is 340 g/mol. The van der Waals surface area contributed by atoms with Crippen molar-refractivity contribution in [3.63, 3.8) is 0 Å². The van der Waals surface area contributed by atoms with E-state index in [2.05, 4.69) is 4.74 Å². The maximum absolute atomic E-state index is 12.4. The predicted molar refractivity (Wildman–Crippen MR) is 96.2 cm³/mol. The summed E-state index contributed by atoms with van der Waals surface area (Å²) in [6.45, 7) is 4.06. The summed E-state index contributed by atoms with van der Waals surface area (Å²) in [5.74, 6) is -0.301. The summed E-state index contributed by atoms with van der Waals surface area (Å²) in [5.41, 5.74) is 1.62. The van der Waals surface area contributed by atoms with Gasteiger partial charge in [0, 0.05) is 0 Å². The third-order valence-corrected chi connectivity index (χ3v) is 5.09. The molecule has 0 aromatic heterocycles. The minimum Gasteiger partial charge on any atom is -0.465 e. The average Bonchev–Trinajstić information content (AvgIpc) is 2.60. The molecule has 0 heterocycles. The Hall–Kier alpha value is -2.34. The van der Waals surface area contributed by atoms with E-state index < -0.39 is 16.1 Å². The van der Waals surface area contributed by atoms with Gasteiger partial charge >= 0.3 is 16.1 Å². The fraction of sp³-hybridized carbons (Fsp3) is 0.316. The number of esters is 1. The van der Waals surface area contributed by atoms with Gasteiger partial charge in [0.25, 0.3) is 0 Å². The Kier molecular flexibility index (Phi) is 6.20. The number of hydrogen-bond donors (Lipinski definition) is 0. The number of carbonyl (C=O) groups is 1. The van der Waals surface area contributed by atoms with Crippen molar-refractivity contribution in [2.24, 2.45) is 0 Å². The molecule has 5 nitrogen and oxygen atoms in total. The topological polar surface area (TPSA) is 69.7 Å². The van der Waals surface area contributed by atoms with Crippen molar-refractivity contribution in [3.8, 4) is 5.75 Å². The van der Waals surface area contributed by atoms with Gasteiger partial charge in [-0.15, -0.1) is 0 Å². The second-order valence-corrected chi connectivity index (χ2v) is 7.40. The quantitative estimate of drug-likeness (QED) is 0.552. The Labute approximate surface area is 148 Å². The molecule has 0 saturated carbocycles. The van der Waals surface area contributed by atoms with Crippen molar-refractivity contribution in [3.05, 3.63) is 65.2 Å². The second kappa shape index (κ2) is 8.16. The van der Waals surface area contributed by atoms with E-state index in [1.165, 1.54) is 13.2 Å². The smallest absolute Gasteiger partial charge is 0.337 e. The molecule has 0 spiro atoms. The van der Waals surface area contributed by atoms with Crippen molar-refractivity contribution < 1.29 is 22.1 Å². The molecule has 0 saturated heterocycles. The van der Waals surface area contributed by atoms with Crippen LogP contribution in [0.4, 0.5) is 0 Å². The molecule has 2 rings (SSSR count). The first-order valence-electron chi connectivity index (χ1n) is 8.04. The monoisotopic (exact) mass is 362 g/mol. The van der Waals surface area contributed by atoms with Crippen LogP contribution in [0.15, 0.2) is 48.5 Å². The highest BCUT2D eigenvalue weighted by molar-refractivity contribution is 7.86. The zero-order valence-corrected chi connectivity index (χ0v) is 15.4. The van der Waals surface area contributed by atoms with Crippen molar-refractivity contribution in [1.82, 2.24) is 0 Å². The summed E-state index contributed by atoms with van der Waals surface area (Å²) in [6, 6.07) is 13.4. The van der Waals surface area contributed by atoms with Crippen molar-refractivity contribution in [1.29, 1.82) is 0 Å². The molecule has 134 valence electrons. The fourth-order valence-electron chi connectivity index (χ4n) is 2.46. The zero-order chi connectivity index (χ0) is 18.4. The highest BCUT2D eigenvalue weighted by Gasteiger charge is 2.19. The van der Waals surface area contributed by atoms with Crippen LogP contribution in [-0.2, 0) is 20.6 Å². The number of carbonyl (C=O) groups excluding carboxylic acids is 1. The Balaban J connectivity index is 2.23. The summed E-state index contributed by atoms with van der Waals surface area (Å²) in [4.78, 5) is 11.6. The molecule has 0 radical (unpaired) electrons. The Morgan fingerprint density at radius 1 is 1.12 bits per heavy atom. The van der Waals surface area contributed by atoms with Gasteiger partial charge < -0.3 is 8.92 Å². The molecule has 1 unspecified atom stereocenters. The summed E-state index contributed by atoms with van der Waals surface area (Å²) in [6.07, 6.45) is 0.877. The van der Waals surface area contributed by atoms with Gasteiger partial charge in [0.2, 0.25) is 0 Å². The molecule has 25 heavy (non-hydrogen) atoms. The van der Waals surface area contributed by atoms with Crippen molar-refractivity contribution >= 4 is 16.1 Å². The number of ether oxygens (including phenoxy) is 1. The molecule has 2 aromatic rings. The van der Waals surface area contributed by atoms with E-state index in [0.29, 0.717) is 16.9 Å². The van der Waals surface area contributed by atoms with Crippen LogP contribution < -0.4 is 4.18 Å². The predicted octanol–water partition coefficient (Wildman–Crippen LogP) is 3.90. The minimum absolute atomic E-state index is 0.189. The Morgan fingerprint density at radius 3 is 2.52 bits per heavy atom. The van der Waals surface area contributed by atoms with Gasteiger partial charge in [-0.25, -0.2) is 4.79 Å². The zero-order valence-electron chi connectivity index (χ0n) is 14.6. The van der Waals surface area contributed by atoms with Crippen molar-refractivity contribution in [2.45, 2.75) is 31.9 Å². The van der Waals surface area contributed by atoms with Crippen LogP contribution >= 0.6 is 0 Å². The standard InChI is InChI=1S/C19H22O5S/c1-4-14(2)17-10-5-6-11-18(17)24-25(21,22)13-15-8-7-9-16(12-15)19(20)23-3/h5-12,14H,4,13H2,1-3H3. The Bertz CT molecular complexity index is 842. The summed E-state index contributed by atoms with van der Waals surface area (Å²) in [5, 5.41) is 0. The van der Waals surface area contributed by atoms with E-state index >= 15 is 0 Å². The normalized spacial score (nSPS) is 12.4. The third-order valence-electron chi connectivity index (χ3n) is 3.97. The molecule has 1 atom stereocenters. The fourth-order valence-corrected chi connectivity index (χ4v) is 3.53. The van der Waals surface area contributed by atoms with Crippen LogP contribution in [0, 0.1) is 0 Å². The first-order valence-corrected chi connectivity index (χ1v) is 9.62. The molecule has 0 aliphatic carbocycles. The summed E-state index contributed by atoms with van der Waals surface area (Å²) in [7, 11) is -2.57. The minimum atomic E-state index is -3.85. The lowest BCUT2D eigenvalue weighted by Gasteiger charge is -2.15. The molecule has 0 amide bonds. The number of benzene rings is 2. The molecular formula is C19H22O5S. The molecule has 0 N–H and O–H groups in total. The van der Waals surface area contributed by atoms with E-state index in [-0.39, 0.29) is 11.7 Å². The van der Waals surface area contributed by atoms with E-state index in [1.54, 1.807) is 30.3 Å². The van der Waals surface area contributed by atoms with E-state index in [0.717, 1.165) is 12.0 Å². The van der Waals surface area contributed by atoms with Gasteiger partial charge in [0.05, 0.1) is 12.7 Å². The van der Waals surface area contributed by atoms with Crippen LogP contribution in [0.2, 0.25) is 0 Å². The lowest BCUT2D eigenvalue weighted by molar-refractivity contribution is 0.0600. The van der Waals surface area contributed by atoms with Gasteiger partial charge in [-0.3, -0.25) is 0 Å². The SMILES string of the molecule is CCC(C)c1ccccc1OS(=O)(=O)Cc1cccc(C(=O)OC)c1. The lowest BCUT2D eigenvalue weighted by atomic mass is 9.98. The van der Waals surface area contributed by atoms with Gasteiger partial charge in [-0.05, 0) is 41.7 Å². The van der Waals surface area contributed by atoms with Crippen LogP contribution in [-0.4, -0.2) is 21.5 Å². The maximum Gasteiger partial charge on any atom is 0.337 e. The molecule has 2 aromatic carbocycles. The number of hydrogen-bond acceptors (Lipinski definition) is 5. The average molecular weight is 362 g/mol. The molecule has 0 bridgehead atoms. The van der Waals surface area contributed by atoms with E-state index in [9.17, 15) is 13.2 Å². The highest BCUT2D eigenvalue weighted by atomic mass is 32.2. The van der Waals surface area contributed by atoms with Gasteiger partial charge in [0.1, 0.15) is 11.5 Å². The number of para-hydroxylation sites is 1. The van der Waals surface area contributed by atoms with Gasteiger partial charge in [-0.1, -0.05) is 44.2 Å². The van der Waals surface area contributed by atoms with Gasteiger partial charge in [0.15, 0.2) is 0 Å². The van der Waals surface area contributed by atoms with Crippen LogP contribution in [0.3, 0.4) is 0 Å². The van der Waals surface area contributed by atoms with E-state index in [1.807, 2.05) is 26.0 Å². The first kappa shape index (κ1) is 19.0. The molecule has 0 aliphatic rings. The molecule has 0 fully saturated rings. The Morgan fingerprint density at radius 2 is 1.84 bits per heavy atom. The largest absolute Gasteiger partial charge is 0.465 e. The third kappa shape index (κ3) is 5.06. The highest BCUT2D eigenvalue weighted by Crippen LogP contribution is 2.29. The number of methoxy groups -OCH3 is 1. The summed E-state index contributed by atoms with van der Waals surface area (Å²) >= 11 is 0. The number of rotatable bonds is 7. The molecule has 6 heteroatoms. The van der Waals surface area contributed by atoms with Crippen molar-refractivity contribution in [2.75, 3.05) is 7.11 Å². The summed E-state index contributed by atoms with van der Waals surface area (Å²) < 4.78 is 34.9. The maximum atomic E-state index is 12.4. The van der Waals surface area contributed by atoms with Crippen LogP contribution in [0.5, 0.6) is 5.75 Å². The molecule has 0 aliphatic heterocycles. The van der Waals surface area contributed by atoms with Crippen LogP contribution in [0.25, 0.3) is 0 Å². The van der Waals surface area contributed by atoms with E-state index in [4.69, 9.17) is 4.18 Å². The van der Waals surface area contributed by atoms with Crippen LogP contribution in [0.1, 0.15) is 47.7 Å². The first-order chi connectivity index (χ1) is 11.9. The van der Waals surface area contributed by atoms with Gasteiger partial charge in [-0.2, -0.15) is 8.42 Å². The second-order valence-electron chi connectivity index (χ2n) is 5.82.